The van der Waals surface area contributed by atoms with Crippen LogP contribution >= 0.6 is 0 Å². The Labute approximate surface area is 187 Å². The zero-order valence-electron chi connectivity index (χ0n) is 17.9. The molecule has 0 aromatic heterocycles. The Balaban J connectivity index is 1.54. The second-order valence-electron chi connectivity index (χ2n) is 8.50. The lowest BCUT2D eigenvalue weighted by Gasteiger charge is -2.44. The summed E-state index contributed by atoms with van der Waals surface area (Å²) in [6, 6.07) is 22.1. The predicted octanol–water partition coefficient (Wildman–Crippen LogP) is 4.90. The van der Waals surface area contributed by atoms with Crippen molar-refractivity contribution in [2.45, 2.75) is 18.5 Å². The molecule has 2 N–H and O–H groups in total. The lowest BCUT2D eigenvalue weighted by atomic mass is 9.81. The van der Waals surface area contributed by atoms with Crippen LogP contribution in [0.25, 0.3) is 11.1 Å². The minimum atomic E-state index is -0.458. The molecule has 5 rings (SSSR count). The van der Waals surface area contributed by atoms with Gasteiger partial charge in [0.1, 0.15) is 5.82 Å². The van der Waals surface area contributed by atoms with Gasteiger partial charge in [-0.2, -0.15) is 0 Å². The van der Waals surface area contributed by atoms with Crippen molar-refractivity contribution in [3.05, 3.63) is 84.2 Å². The van der Waals surface area contributed by atoms with Crippen LogP contribution in [0.15, 0.2) is 72.8 Å². The predicted molar refractivity (Wildman–Crippen MR) is 124 cm³/mol. The second-order valence-corrected chi connectivity index (χ2v) is 8.50. The van der Waals surface area contributed by atoms with E-state index in [9.17, 15) is 14.3 Å². The van der Waals surface area contributed by atoms with Crippen molar-refractivity contribution < 1.29 is 14.3 Å². The maximum Gasteiger partial charge on any atom is 0.322 e. The summed E-state index contributed by atoms with van der Waals surface area (Å²) in [7, 11) is 2.00. The number of rotatable bonds is 3. The normalized spacial score (nSPS) is 21.8. The Kier molecular flexibility index (Phi) is 5.31. The van der Waals surface area contributed by atoms with Crippen molar-refractivity contribution in [3.63, 3.8) is 0 Å². The molecule has 3 aromatic carbocycles. The van der Waals surface area contributed by atoms with Crippen LogP contribution in [0.3, 0.4) is 0 Å². The second kappa shape index (κ2) is 8.28. The molecule has 3 atom stereocenters. The minimum absolute atomic E-state index is 0.0142. The standard InChI is InChI=1S/C26H26FN3O2/c1-29-23-12-11-18(17-7-3-2-4-8-17)15-20(23)25-19(24(29)16-31)13-14-30(25)26(32)28-22-10-6-5-9-21(22)27/h2-12,15,19,24-25,31H,13-14,16H2,1H3,(H,28,32)/t19-,24-,25-/m0/s1. The maximum atomic E-state index is 14.1. The molecular formula is C26H26FN3O2. The zero-order chi connectivity index (χ0) is 22.2. The molecule has 6 heteroatoms. The number of urea groups is 1. The van der Waals surface area contributed by atoms with Crippen LogP contribution in [-0.2, 0) is 0 Å². The van der Waals surface area contributed by atoms with E-state index in [4.69, 9.17) is 0 Å². The van der Waals surface area contributed by atoms with E-state index in [1.165, 1.54) is 6.07 Å². The van der Waals surface area contributed by atoms with Crippen molar-refractivity contribution in [2.24, 2.45) is 5.92 Å². The minimum Gasteiger partial charge on any atom is -0.394 e. The van der Waals surface area contributed by atoms with Crippen LogP contribution in [0.1, 0.15) is 18.0 Å². The van der Waals surface area contributed by atoms with Gasteiger partial charge in [-0.3, -0.25) is 0 Å². The number of hydrogen-bond acceptors (Lipinski definition) is 3. The van der Waals surface area contributed by atoms with E-state index in [0.717, 1.165) is 28.8 Å². The molecule has 2 heterocycles. The number of anilines is 2. The topological polar surface area (TPSA) is 55.8 Å². The molecule has 3 aromatic rings. The Morgan fingerprint density at radius 1 is 1.06 bits per heavy atom. The SMILES string of the molecule is CN1c2ccc(-c3ccccc3)cc2[C@@H]2[C@@H](CCN2C(=O)Nc2ccccc2F)[C@@H]1CO. The number of fused-ring (bicyclic) bond motifs is 3. The molecule has 2 aliphatic heterocycles. The fourth-order valence-corrected chi connectivity index (χ4v) is 5.24. The van der Waals surface area contributed by atoms with Crippen molar-refractivity contribution in [3.8, 4) is 11.1 Å². The Bertz CT molecular complexity index is 1140. The average Bonchev–Trinajstić information content (AvgIpc) is 3.26. The molecule has 0 bridgehead atoms. The summed E-state index contributed by atoms with van der Waals surface area (Å²) >= 11 is 0. The summed E-state index contributed by atoms with van der Waals surface area (Å²) in [5.74, 6) is -0.366. The van der Waals surface area contributed by atoms with E-state index in [2.05, 4.69) is 40.5 Å². The maximum absolute atomic E-state index is 14.1. The number of aliphatic hydroxyl groups excluding tert-OH is 1. The highest BCUT2D eigenvalue weighted by Crippen LogP contribution is 2.49. The van der Waals surface area contributed by atoms with Crippen LogP contribution in [0.2, 0.25) is 0 Å². The third-order valence-corrected chi connectivity index (χ3v) is 6.83. The first-order valence-electron chi connectivity index (χ1n) is 10.9. The zero-order valence-corrected chi connectivity index (χ0v) is 17.9. The van der Waals surface area contributed by atoms with Crippen molar-refractivity contribution in [1.82, 2.24) is 4.90 Å². The molecule has 0 aliphatic carbocycles. The highest BCUT2D eigenvalue weighted by molar-refractivity contribution is 5.90. The highest BCUT2D eigenvalue weighted by atomic mass is 19.1. The number of likely N-dealkylation sites (tertiary alicyclic amines) is 1. The van der Waals surface area contributed by atoms with E-state index in [0.29, 0.717) is 6.54 Å². The first-order chi connectivity index (χ1) is 15.6. The van der Waals surface area contributed by atoms with Gasteiger partial charge in [0.2, 0.25) is 0 Å². The fraction of sp³-hybridized carbons (Fsp3) is 0.269. The summed E-state index contributed by atoms with van der Waals surface area (Å²) in [4.78, 5) is 17.2. The number of halogens is 1. The van der Waals surface area contributed by atoms with Crippen molar-refractivity contribution >= 4 is 17.4 Å². The summed E-state index contributed by atoms with van der Waals surface area (Å²) in [6.07, 6.45) is 0.778. The Morgan fingerprint density at radius 2 is 1.81 bits per heavy atom. The highest BCUT2D eigenvalue weighted by Gasteiger charge is 2.47. The van der Waals surface area contributed by atoms with Gasteiger partial charge < -0.3 is 20.2 Å². The molecular weight excluding hydrogens is 405 g/mol. The first-order valence-corrected chi connectivity index (χ1v) is 10.9. The van der Waals surface area contributed by atoms with Gasteiger partial charge in [-0.05, 0) is 47.4 Å². The van der Waals surface area contributed by atoms with Gasteiger partial charge in [-0.15, -0.1) is 0 Å². The van der Waals surface area contributed by atoms with Gasteiger partial charge in [-0.25, -0.2) is 9.18 Å². The van der Waals surface area contributed by atoms with Gasteiger partial charge >= 0.3 is 6.03 Å². The third-order valence-electron chi connectivity index (χ3n) is 6.83. The largest absolute Gasteiger partial charge is 0.394 e. The lowest BCUT2D eigenvalue weighted by molar-refractivity contribution is 0.168. The van der Waals surface area contributed by atoms with E-state index in [1.807, 2.05) is 25.2 Å². The number of benzene rings is 3. The van der Waals surface area contributed by atoms with Gasteiger partial charge in [0.15, 0.2) is 0 Å². The fourth-order valence-electron chi connectivity index (χ4n) is 5.24. The van der Waals surface area contributed by atoms with Crippen LogP contribution < -0.4 is 10.2 Å². The summed E-state index contributed by atoms with van der Waals surface area (Å²) in [6.45, 7) is 0.565. The number of amides is 2. The number of likely N-dealkylation sites (N-methyl/N-ethyl adjacent to an activating group) is 1. The lowest BCUT2D eigenvalue weighted by Crippen LogP contribution is -2.48. The molecule has 1 fully saturated rings. The summed E-state index contributed by atoms with van der Waals surface area (Å²) in [5, 5.41) is 12.9. The molecule has 0 spiro atoms. The first kappa shape index (κ1) is 20.5. The molecule has 2 amide bonds. The van der Waals surface area contributed by atoms with E-state index in [-0.39, 0.29) is 36.3 Å². The smallest absolute Gasteiger partial charge is 0.322 e. The summed E-state index contributed by atoms with van der Waals surface area (Å²) in [5.41, 5.74) is 4.44. The van der Waals surface area contributed by atoms with Crippen LogP contribution in [-0.4, -0.2) is 42.3 Å². The number of para-hydroxylation sites is 1. The monoisotopic (exact) mass is 431 g/mol. The van der Waals surface area contributed by atoms with Gasteiger partial charge in [0.05, 0.1) is 24.4 Å². The summed E-state index contributed by atoms with van der Waals surface area (Å²) < 4.78 is 14.1. The molecule has 1 saturated heterocycles. The molecule has 0 unspecified atom stereocenters. The number of nitrogens with zero attached hydrogens (tertiary/aromatic N) is 2. The van der Waals surface area contributed by atoms with Crippen LogP contribution in [0.4, 0.5) is 20.6 Å². The number of hydrogen-bond donors (Lipinski definition) is 2. The Morgan fingerprint density at radius 3 is 2.56 bits per heavy atom. The van der Waals surface area contributed by atoms with Gasteiger partial charge in [0.25, 0.3) is 0 Å². The number of carbonyl (C=O) groups excluding carboxylic acids is 1. The Hall–Kier alpha value is -3.38. The average molecular weight is 432 g/mol. The molecule has 2 aliphatic rings. The van der Waals surface area contributed by atoms with Gasteiger partial charge in [-0.1, -0.05) is 48.5 Å². The van der Waals surface area contributed by atoms with E-state index >= 15 is 0 Å². The van der Waals surface area contributed by atoms with E-state index < -0.39 is 5.82 Å². The molecule has 5 nitrogen and oxygen atoms in total. The molecule has 32 heavy (non-hydrogen) atoms. The molecule has 164 valence electrons. The number of nitrogens with one attached hydrogen (secondary N) is 1. The third kappa shape index (κ3) is 3.41. The quantitative estimate of drug-likeness (QED) is 0.620. The van der Waals surface area contributed by atoms with Crippen LogP contribution in [0.5, 0.6) is 0 Å². The number of carbonyl (C=O) groups is 1. The van der Waals surface area contributed by atoms with Crippen molar-refractivity contribution in [2.75, 3.05) is 30.4 Å². The molecule has 0 saturated carbocycles. The number of aliphatic hydroxyl groups is 1. The molecule has 0 radical (unpaired) electrons. The van der Waals surface area contributed by atoms with Crippen LogP contribution in [0, 0.1) is 11.7 Å². The van der Waals surface area contributed by atoms with Crippen molar-refractivity contribution in [1.29, 1.82) is 0 Å². The van der Waals surface area contributed by atoms with Gasteiger partial charge in [0, 0.05) is 25.2 Å². The van der Waals surface area contributed by atoms with E-state index in [1.54, 1.807) is 23.1 Å².